The molecule has 1 saturated heterocycles. The second-order valence-electron chi connectivity index (χ2n) is 15.4. The maximum Gasteiger partial charge on any atom is 0.343 e. The summed E-state index contributed by atoms with van der Waals surface area (Å²) in [6.45, 7) is 1.95. The number of aromatic nitrogens is 2. The third-order valence-corrected chi connectivity index (χ3v) is 12.4. The first-order valence-corrected chi connectivity index (χ1v) is 18.6. The number of benzene rings is 3. The number of hydrogen-bond acceptors (Lipinski definition) is 7. The van der Waals surface area contributed by atoms with Crippen LogP contribution in [0.4, 0.5) is 21.0 Å². The molecule has 3 unspecified atom stereocenters. The highest BCUT2D eigenvalue weighted by Gasteiger charge is 2.66. The van der Waals surface area contributed by atoms with Crippen LogP contribution in [0, 0.1) is 0 Å². The number of hydrogen-bond donors (Lipinski definition) is 6. The number of fused-ring (bicyclic) bond motifs is 13. The highest BCUT2D eigenvalue weighted by atomic mass is 16.6. The number of carbonyl (C=O) groups is 4. The fourth-order valence-corrected chi connectivity index (χ4v) is 9.99. The predicted octanol–water partition coefficient (Wildman–Crippen LogP) is 5.78. The number of ether oxygens (including phenoxy) is 2. The fourth-order valence-electron chi connectivity index (χ4n) is 9.99. The first-order chi connectivity index (χ1) is 25.6. The Morgan fingerprint density at radius 2 is 1.45 bits per heavy atom. The molecular formula is C39H41N7O7. The molecule has 5 aliphatic rings. The van der Waals surface area contributed by atoms with E-state index in [1.807, 2.05) is 39.5 Å². The van der Waals surface area contributed by atoms with Gasteiger partial charge in [0.05, 0.1) is 34.7 Å². The molecule has 2 aliphatic carbocycles. The summed E-state index contributed by atoms with van der Waals surface area (Å²) in [4.78, 5) is 53.7. The van der Waals surface area contributed by atoms with Crippen molar-refractivity contribution in [2.75, 3.05) is 17.7 Å². The van der Waals surface area contributed by atoms with Gasteiger partial charge in [0.25, 0.3) is 5.91 Å². The molecular weight excluding hydrogens is 678 g/mol. The van der Waals surface area contributed by atoms with Crippen LogP contribution >= 0.6 is 0 Å². The van der Waals surface area contributed by atoms with E-state index in [1.165, 1.54) is 7.11 Å². The van der Waals surface area contributed by atoms with Gasteiger partial charge in [-0.15, -0.1) is 0 Å². The van der Waals surface area contributed by atoms with Crippen molar-refractivity contribution in [3.05, 3.63) is 47.5 Å². The van der Waals surface area contributed by atoms with Crippen LogP contribution in [0.5, 0.6) is 0 Å². The van der Waals surface area contributed by atoms with Crippen LogP contribution in [-0.4, -0.2) is 63.0 Å². The molecule has 5 amide bonds. The van der Waals surface area contributed by atoms with E-state index in [1.54, 1.807) is 13.0 Å². The zero-order valence-electron chi connectivity index (χ0n) is 29.6. The molecule has 14 nitrogen and oxygen atoms in total. The van der Waals surface area contributed by atoms with Crippen LogP contribution in [0.3, 0.4) is 0 Å². The number of aliphatic hydroxyl groups is 1. The summed E-state index contributed by atoms with van der Waals surface area (Å²) in [5.41, 5.74) is 1.40. The minimum atomic E-state index is -2.10. The predicted molar refractivity (Wildman–Crippen MR) is 198 cm³/mol. The molecule has 3 fully saturated rings. The smallest absolute Gasteiger partial charge is 0.343 e. The van der Waals surface area contributed by atoms with Crippen LogP contribution < -0.4 is 26.6 Å². The van der Waals surface area contributed by atoms with Crippen LogP contribution in [0.1, 0.15) is 86.9 Å². The zero-order valence-corrected chi connectivity index (χ0v) is 29.6. The average molecular weight is 720 g/mol. The van der Waals surface area contributed by atoms with E-state index in [-0.39, 0.29) is 43.0 Å². The van der Waals surface area contributed by atoms with E-state index in [0.717, 1.165) is 73.1 Å². The average Bonchev–Trinajstić information content (AvgIpc) is 3.98. The van der Waals surface area contributed by atoms with Crippen molar-refractivity contribution in [1.29, 1.82) is 0 Å². The molecule has 0 radical (unpaired) electrons. The number of amides is 5. The van der Waals surface area contributed by atoms with E-state index in [9.17, 15) is 24.3 Å². The fraction of sp³-hybridized carbons (Fsp3) is 0.436. The van der Waals surface area contributed by atoms with Gasteiger partial charge in [-0.05, 0) is 74.6 Å². The van der Waals surface area contributed by atoms with E-state index in [2.05, 4.69) is 26.6 Å². The molecule has 2 saturated carbocycles. The second kappa shape index (κ2) is 11.3. The van der Waals surface area contributed by atoms with Crippen molar-refractivity contribution in [3.8, 4) is 0 Å². The molecule has 3 atom stereocenters. The molecule has 0 spiro atoms. The third kappa shape index (κ3) is 4.45. The molecule has 14 heteroatoms. The van der Waals surface area contributed by atoms with E-state index in [4.69, 9.17) is 9.47 Å². The summed E-state index contributed by atoms with van der Waals surface area (Å²) < 4.78 is 15.9. The molecule has 2 aromatic heterocycles. The molecule has 53 heavy (non-hydrogen) atoms. The number of urea groups is 2. The monoisotopic (exact) mass is 719 g/mol. The van der Waals surface area contributed by atoms with Gasteiger partial charge in [-0.2, -0.15) is 0 Å². The van der Waals surface area contributed by atoms with Crippen molar-refractivity contribution in [2.45, 2.75) is 101 Å². The minimum Gasteiger partial charge on any atom is -0.467 e. The minimum absolute atomic E-state index is 0.121. The van der Waals surface area contributed by atoms with Gasteiger partial charge in [-0.25, -0.2) is 14.4 Å². The first-order valence-electron chi connectivity index (χ1n) is 18.6. The van der Waals surface area contributed by atoms with Crippen LogP contribution in [0.2, 0.25) is 0 Å². The molecule has 3 aromatic carbocycles. The summed E-state index contributed by atoms with van der Waals surface area (Å²) in [5.74, 6) is -1.05. The van der Waals surface area contributed by atoms with Gasteiger partial charge < -0.3 is 50.3 Å². The Labute approximate surface area is 303 Å². The molecule has 3 aliphatic heterocycles. The molecule has 6 N–H and O–H groups in total. The SMILES string of the molecule is COC(=O)C1(O)CC2OC1(C)n1c3ccc(NC(=O)NC4CCCC4)cc3c3c4c(c5c6cc(NC(=O)NC7CCCC7)ccc6n2c5c31)C(=O)NC4. The second-order valence-corrected chi connectivity index (χ2v) is 15.4. The molecule has 5 heterocycles. The van der Waals surface area contributed by atoms with Crippen molar-refractivity contribution < 1.29 is 33.8 Å². The lowest BCUT2D eigenvalue weighted by Gasteiger charge is -2.37. The van der Waals surface area contributed by atoms with Crippen molar-refractivity contribution in [2.24, 2.45) is 0 Å². The number of nitrogens with zero attached hydrogens (tertiary/aromatic N) is 2. The number of esters is 1. The van der Waals surface area contributed by atoms with Gasteiger partial charge in [0, 0.05) is 58.0 Å². The quantitative estimate of drug-likeness (QED) is 0.125. The molecule has 274 valence electrons. The van der Waals surface area contributed by atoms with Gasteiger partial charge in [-0.3, -0.25) is 4.79 Å². The summed E-state index contributed by atoms with van der Waals surface area (Å²) >= 11 is 0. The van der Waals surface area contributed by atoms with Crippen molar-refractivity contribution in [1.82, 2.24) is 25.1 Å². The van der Waals surface area contributed by atoms with E-state index in [0.29, 0.717) is 44.4 Å². The third-order valence-electron chi connectivity index (χ3n) is 12.4. The Balaban J connectivity index is 1.23. The lowest BCUT2D eigenvalue weighted by atomic mass is 9.88. The van der Waals surface area contributed by atoms with Gasteiger partial charge >= 0.3 is 18.0 Å². The number of methoxy groups -OCH3 is 1. The lowest BCUT2D eigenvalue weighted by molar-refractivity contribution is -0.202. The number of carbonyl (C=O) groups excluding carboxylic acids is 4. The number of anilines is 2. The molecule has 5 aromatic rings. The lowest BCUT2D eigenvalue weighted by Crippen LogP contribution is -2.56. The van der Waals surface area contributed by atoms with Crippen molar-refractivity contribution in [3.63, 3.8) is 0 Å². The van der Waals surface area contributed by atoms with E-state index < -0.39 is 23.5 Å². The van der Waals surface area contributed by atoms with E-state index >= 15 is 0 Å². The van der Waals surface area contributed by atoms with Crippen LogP contribution in [0.15, 0.2) is 36.4 Å². The Bertz CT molecular complexity index is 2460. The zero-order chi connectivity index (χ0) is 36.4. The largest absolute Gasteiger partial charge is 0.467 e. The number of rotatable bonds is 5. The highest BCUT2D eigenvalue weighted by molar-refractivity contribution is 6.31. The van der Waals surface area contributed by atoms with Crippen LogP contribution in [0.25, 0.3) is 43.6 Å². The normalized spacial score (nSPS) is 25.0. The molecule has 10 rings (SSSR count). The standard InChI is InChI=1S/C39H41N7O7/c1-38-39(51,35(48)52-2)17-28(53-38)45-26-13-11-21(43-36(49)41-19-7-3-4-8-19)15-23(26)30-31-25(18-40-34(31)47)29-24-16-22(44-37(50)42-20-9-5-6-10-20)12-14-27(24)46(38)33(29)32(30)45/h11-16,19-20,28,51H,3-10,17-18H2,1-2H3,(H,40,47)(H2,41,43,49)(H2,42,44,50). The summed E-state index contributed by atoms with van der Waals surface area (Å²) in [6.07, 6.45) is 7.22. The Kier molecular flexibility index (Phi) is 6.91. The number of nitrogens with one attached hydrogen (secondary N) is 5. The van der Waals surface area contributed by atoms with Crippen LogP contribution in [-0.2, 0) is 26.5 Å². The maximum atomic E-state index is 13.9. The summed E-state index contributed by atoms with van der Waals surface area (Å²) in [6, 6.07) is 10.8. The van der Waals surface area contributed by atoms with Crippen molar-refractivity contribution >= 4 is 78.9 Å². The highest BCUT2D eigenvalue weighted by Crippen LogP contribution is 2.58. The van der Waals surface area contributed by atoms with Gasteiger partial charge in [-0.1, -0.05) is 25.7 Å². The van der Waals surface area contributed by atoms with Gasteiger partial charge in [0.15, 0.2) is 5.72 Å². The summed E-state index contributed by atoms with van der Waals surface area (Å²) in [7, 11) is 1.25. The first kappa shape index (κ1) is 32.3. The Morgan fingerprint density at radius 1 is 0.868 bits per heavy atom. The Hall–Kier alpha value is -5.34. The van der Waals surface area contributed by atoms with Gasteiger partial charge in [0.1, 0.15) is 6.23 Å². The molecule has 2 bridgehead atoms. The maximum absolute atomic E-state index is 13.9. The topological polar surface area (TPSA) is 177 Å². The summed E-state index contributed by atoms with van der Waals surface area (Å²) in [5, 5.41) is 30.5. The Morgan fingerprint density at radius 3 is 2.06 bits per heavy atom. The van der Waals surface area contributed by atoms with Gasteiger partial charge in [0.2, 0.25) is 5.60 Å².